The van der Waals surface area contributed by atoms with Crippen molar-refractivity contribution in [1.29, 1.82) is 0 Å². The van der Waals surface area contributed by atoms with Crippen LogP contribution in [0, 0.1) is 0 Å². The Kier molecular flexibility index (Phi) is 4.85. The van der Waals surface area contributed by atoms with Crippen molar-refractivity contribution in [3.63, 3.8) is 0 Å². The second-order valence-electron chi connectivity index (χ2n) is 3.92. The molecule has 1 atom stereocenters. The first-order valence-corrected chi connectivity index (χ1v) is 7.50. The molecule has 18 heavy (non-hydrogen) atoms. The zero-order chi connectivity index (χ0) is 13.8. The third-order valence-corrected chi connectivity index (χ3v) is 4.91. The Morgan fingerprint density at radius 1 is 1.06 bits per heavy atom. The van der Waals surface area contributed by atoms with Crippen molar-refractivity contribution in [3.05, 3.63) is 0 Å². The molecule has 1 fully saturated rings. The molecule has 0 bridgehead atoms. The largest absolute Gasteiger partial charge is 0.638 e. The highest BCUT2D eigenvalue weighted by Crippen LogP contribution is 2.29. The Bertz CT molecular complexity index is 338. The van der Waals surface area contributed by atoms with E-state index in [-0.39, 0.29) is 0 Å². The third kappa shape index (κ3) is 4.45. The first-order valence-electron chi connectivity index (χ1n) is 5.57. The average molecular weight is 276 g/mol. The van der Waals surface area contributed by atoms with Gasteiger partial charge < -0.3 is 18.0 Å². The van der Waals surface area contributed by atoms with Gasteiger partial charge in [-0.05, 0) is 6.42 Å². The Balaban J connectivity index is 2.78. The molecule has 1 heterocycles. The van der Waals surface area contributed by atoms with Crippen molar-refractivity contribution in [2.75, 3.05) is 0 Å². The number of hydrogen-bond acceptors (Lipinski definition) is 7. The lowest BCUT2D eigenvalue weighted by molar-refractivity contribution is -0.174. The highest BCUT2D eigenvalue weighted by molar-refractivity contribution is 6.64. The third-order valence-electron chi connectivity index (χ3n) is 2.13. The second kappa shape index (κ2) is 5.96. The van der Waals surface area contributed by atoms with E-state index in [0.29, 0.717) is 18.9 Å². The number of esters is 1. The summed E-state index contributed by atoms with van der Waals surface area (Å²) in [5, 5.41) is 0. The molecular formula is C10H16O7Si. The van der Waals surface area contributed by atoms with Crippen LogP contribution < -0.4 is 0 Å². The minimum atomic E-state index is -3.42. The standard InChI is InChI=1S/C10H16O7Si/c1-7(11)14-10-5-4-6-18(17-10,15-8(2)12)16-9(3)13/h10H,4-6H2,1-3H3. The molecule has 1 saturated heterocycles. The van der Waals surface area contributed by atoms with Crippen LogP contribution in [0.15, 0.2) is 0 Å². The summed E-state index contributed by atoms with van der Waals surface area (Å²) >= 11 is 0. The van der Waals surface area contributed by atoms with E-state index in [9.17, 15) is 14.4 Å². The van der Waals surface area contributed by atoms with Crippen molar-refractivity contribution in [1.82, 2.24) is 0 Å². The predicted molar refractivity (Wildman–Crippen MR) is 60.0 cm³/mol. The van der Waals surface area contributed by atoms with Gasteiger partial charge in [0, 0.05) is 33.2 Å². The van der Waals surface area contributed by atoms with E-state index in [0.717, 1.165) is 0 Å². The molecule has 1 unspecified atom stereocenters. The Morgan fingerprint density at radius 3 is 2.06 bits per heavy atom. The molecule has 0 aromatic rings. The van der Waals surface area contributed by atoms with E-state index in [2.05, 4.69) is 0 Å². The minimum Gasteiger partial charge on any atom is -0.464 e. The maximum absolute atomic E-state index is 11.1. The van der Waals surface area contributed by atoms with Crippen molar-refractivity contribution in [2.45, 2.75) is 45.9 Å². The van der Waals surface area contributed by atoms with Gasteiger partial charge in [-0.2, -0.15) is 0 Å². The van der Waals surface area contributed by atoms with Crippen LogP contribution in [0.4, 0.5) is 0 Å². The lowest BCUT2D eigenvalue weighted by Gasteiger charge is -2.34. The van der Waals surface area contributed by atoms with Crippen LogP contribution in [0.1, 0.15) is 33.6 Å². The minimum absolute atomic E-state index is 0.337. The average Bonchev–Trinajstić information content (AvgIpc) is 2.12. The number of rotatable bonds is 3. The van der Waals surface area contributed by atoms with Gasteiger partial charge in [-0.15, -0.1) is 0 Å². The summed E-state index contributed by atoms with van der Waals surface area (Å²) in [7, 11) is -3.42. The SMILES string of the molecule is CC(=O)OC1CCC[Si](OC(C)=O)(OC(C)=O)O1. The van der Waals surface area contributed by atoms with Gasteiger partial charge in [0.1, 0.15) is 0 Å². The van der Waals surface area contributed by atoms with Crippen LogP contribution >= 0.6 is 0 Å². The summed E-state index contributed by atoms with van der Waals surface area (Å²) in [6.07, 6.45) is 0.239. The fraction of sp³-hybridized carbons (Fsp3) is 0.700. The van der Waals surface area contributed by atoms with E-state index < -0.39 is 33.0 Å². The van der Waals surface area contributed by atoms with Crippen LogP contribution in [0.2, 0.25) is 6.04 Å². The maximum Gasteiger partial charge on any atom is 0.638 e. The molecular weight excluding hydrogens is 260 g/mol. The van der Waals surface area contributed by atoms with Gasteiger partial charge in [0.25, 0.3) is 11.9 Å². The van der Waals surface area contributed by atoms with Gasteiger partial charge in [0.2, 0.25) is 0 Å². The van der Waals surface area contributed by atoms with Gasteiger partial charge in [-0.1, -0.05) is 0 Å². The second-order valence-corrected chi connectivity index (χ2v) is 6.43. The van der Waals surface area contributed by atoms with Gasteiger partial charge in [0.05, 0.1) is 0 Å². The number of ether oxygens (including phenoxy) is 1. The first kappa shape index (κ1) is 14.6. The van der Waals surface area contributed by atoms with Crippen molar-refractivity contribution >= 4 is 26.7 Å². The zero-order valence-electron chi connectivity index (χ0n) is 10.6. The van der Waals surface area contributed by atoms with Gasteiger partial charge >= 0.3 is 14.8 Å². The highest BCUT2D eigenvalue weighted by atomic mass is 28.4. The lowest BCUT2D eigenvalue weighted by Crippen LogP contribution is -2.53. The molecule has 0 radical (unpaired) electrons. The fourth-order valence-electron chi connectivity index (χ4n) is 1.68. The molecule has 1 aliphatic rings. The predicted octanol–water partition coefficient (Wildman–Crippen LogP) is 0.751. The van der Waals surface area contributed by atoms with E-state index in [1.807, 2.05) is 0 Å². The molecule has 1 aliphatic heterocycles. The molecule has 8 heteroatoms. The normalized spacial score (nSPS) is 21.8. The van der Waals surface area contributed by atoms with Crippen LogP contribution in [0.3, 0.4) is 0 Å². The summed E-state index contributed by atoms with van der Waals surface area (Å²) in [5.41, 5.74) is 0. The maximum atomic E-state index is 11.1. The summed E-state index contributed by atoms with van der Waals surface area (Å²) in [6, 6.07) is 0.337. The quantitative estimate of drug-likeness (QED) is 0.555. The molecule has 0 spiro atoms. The van der Waals surface area contributed by atoms with Crippen molar-refractivity contribution in [2.24, 2.45) is 0 Å². The summed E-state index contributed by atoms with van der Waals surface area (Å²) in [6.45, 7) is 3.66. The zero-order valence-corrected chi connectivity index (χ0v) is 11.6. The molecule has 102 valence electrons. The van der Waals surface area contributed by atoms with Crippen molar-refractivity contribution < 1.29 is 32.4 Å². The molecule has 1 rings (SSSR count). The molecule has 0 aliphatic carbocycles. The Hall–Kier alpha value is -1.41. The van der Waals surface area contributed by atoms with Gasteiger partial charge in [-0.25, -0.2) is 0 Å². The van der Waals surface area contributed by atoms with E-state index in [1.54, 1.807) is 0 Å². The Labute approximate surface area is 106 Å². The first-order chi connectivity index (χ1) is 8.33. The highest BCUT2D eigenvalue weighted by Gasteiger charge is 2.53. The lowest BCUT2D eigenvalue weighted by atomic mass is 10.3. The topological polar surface area (TPSA) is 88.1 Å². The van der Waals surface area contributed by atoms with E-state index >= 15 is 0 Å². The molecule has 0 aromatic carbocycles. The number of carbonyl (C=O) groups is 3. The Morgan fingerprint density at radius 2 is 1.61 bits per heavy atom. The fourth-order valence-corrected chi connectivity index (χ4v) is 4.22. The van der Waals surface area contributed by atoms with Crippen LogP contribution in [0.5, 0.6) is 0 Å². The van der Waals surface area contributed by atoms with Crippen LogP contribution in [-0.4, -0.2) is 33.0 Å². The molecule has 0 amide bonds. The van der Waals surface area contributed by atoms with E-state index in [1.165, 1.54) is 20.8 Å². The van der Waals surface area contributed by atoms with Gasteiger partial charge in [0.15, 0.2) is 6.29 Å². The summed E-state index contributed by atoms with van der Waals surface area (Å²) in [4.78, 5) is 33.0. The smallest absolute Gasteiger partial charge is 0.464 e. The number of hydrogen-bond donors (Lipinski definition) is 0. The van der Waals surface area contributed by atoms with Crippen molar-refractivity contribution in [3.8, 4) is 0 Å². The molecule has 7 nitrogen and oxygen atoms in total. The van der Waals surface area contributed by atoms with Crippen LogP contribution in [-0.2, 0) is 32.4 Å². The molecule has 0 aromatic heterocycles. The summed E-state index contributed by atoms with van der Waals surface area (Å²) in [5.74, 6) is -1.69. The summed E-state index contributed by atoms with van der Waals surface area (Å²) < 4.78 is 20.4. The number of carbonyl (C=O) groups excluding carboxylic acids is 3. The monoisotopic (exact) mass is 276 g/mol. The van der Waals surface area contributed by atoms with E-state index in [4.69, 9.17) is 18.0 Å². The molecule has 0 N–H and O–H groups in total. The van der Waals surface area contributed by atoms with Crippen LogP contribution in [0.25, 0.3) is 0 Å². The van der Waals surface area contributed by atoms with Gasteiger partial charge in [-0.3, -0.25) is 14.4 Å². The molecule has 0 saturated carbocycles.